The summed E-state index contributed by atoms with van der Waals surface area (Å²) >= 11 is 6.30. The number of fused-ring (bicyclic) bond motifs is 1. The summed E-state index contributed by atoms with van der Waals surface area (Å²) in [6, 6.07) is 9.01. The van der Waals surface area contributed by atoms with Crippen molar-refractivity contribution in [3.63, 3.8) is 0 Å². The fraction of sp³-hybridized carbons (Fsp3) is 0.278. The molecule has 6 heteroatoms. The van der Waals surface area contributed by atoms with Gasteiger partial charge in [-0.25, -0.2) is 14.3 Å². The monoisotopic (exact) mass is 341 g/mol. The van der Waals surface area contributed by atoms with Crippen LogP contribution >= 0.6 is 11.6 Å². The van der Waals surface area contributed by atoms with E-state index >= 15 is 0 Å². The minimum absolute atomic E-state index is 0.212. The molecular weight excluding hydrogens is 326 g/mol. The summed E-state index contributed by atoms with van der Waals surface area (Å²) in [4.78, 5) is 15.7. The van der Waals surface area contributed by atoms with Gasteiger partial charge in [0.15, 0.2) is 0 Å². The largest absolute Gasteiger partial charge is 0.478 e. The van der Waals surface area contributed by atoms with Crippen LogP contribution in [0.1, 0.15) is 51.4 Å². The van der Waals surface area contributed by atoms with Crippen LogP contribution in [-0.2, 0) is 0 Å². The highest BCUT2D eigenvalue weighted by atomic mass is 35.5. The molecule has 0 bridgehead atoms. The van der Waals surface area contributed by atoms with Crippen LogP contribution in [0.5, 0.6) is 0 Å². The van der Waals surface area contributed by atoms with Crippen molar-refractivity contribution in [1.29, 1.82) is 0 Å². The molecule has 1 aliphatic carbocycles. The van der Waals surface area contributed by atoms with Crippen molar-refractivity contribution in [3.8, 4) is 0 Å². The summed E-state index contributed by atoms with van der Waals surface area (Å²) < 4.78 is 1.88. The summed E-state index contributed by atoms with van der Waals surface area (Å²) in [5.41, 5.74) is 4.23. The Morgan fingerprint density at radius 2 is 2.04 bits per heavy atom. The number of carboxylic acids is 1. The van der Waals surface area contributed by atoms with Gasteiger partial charge in [0, 0.05) is 10.9 Å². The van der Waals surface area contributed by atoms with Gasteiger partial charge in [-0.1, -0.05) is 17.7 Å². The Morgan fingerprint density at radius 1 is 1.25 bits per heavy atom. The van der Waals surface area contributed by atoms with Crippen LogP contribution in [0, 0.1) is 13.8 Å². The average Bonchev–Trinajstić information content (AvgIpc) is 3.26. The third-order valence-corrected chi connectivity index (χ3v) is 4.94. The molecule has 1 N–H and O–H groups in total. The highest BCUT2D eigenvalue weighted by Crippen LogP contribution is 2.56. The highest BCUT2D eigenvalue weighted by Gasteiger charge is 2.43. The maximum Gasteiger partial charge on any atom is 0.335 e. The molecule has 24 heavy (non-hydrogen) atoms. The fourth-order valence-corrected chi connectivity index (χ4v) is 3.63. The van der Waals surface area contributed by atoms with Crippen molar-refractivity contribution in [2.75, 3.05) is 0 Å². The molecule has 122 valence electrons. The topological polar surface area (TPSA) is 67.5 Å². The second-order valence-corrected chi connectivity index (χ2v) is 6.71. The number of carboxylic acid groups (broad SMARTS) is 1. The number of hydrogen-bond donors (Lipinski definition) is 1. The average molecular weight is 342 g/mol. The molecular formula is C18H16ClN3O2. The maximum absolute atomic E-state index is 11.0. The van der Waals surface area contributed by atoms with Crippen molar-refractivity contribution in [3.05, 3.63) is 63.7 Å². The summed E-state index contributed by atoms with van der Waals surface area (Å²) in [5.74, 6) is 0.487. The van der Waals surface area contributed by atoms with E-state index in [0.29, 0.717) is 10.9 Å². The Labute approximate surface area is 143 Å². The first-order valence-corrected chi connectivity index (χ1v) is 8.19. The van der Waals surface area contributed by atoms with Crippen LogP contribution in [0.15, 0.2) is 30.3 Å². The van der Waals surface area contributed by atoms with Gasteiger partial charge in [0.1, 0.15) is 5.82 Å². The van der Waals surface area contributed by atoms with Crippen molar-refractivity contribution < 1.29 is 9.90 Å². The number of hydrogen-bond acceptors (Lipinski definition) is 3. The van der Waals surface area contributed by atoms with E-state index in [2.05, 4.69) is 11.2 Å². The first kappa shape index (κ1) is 15.1. The van der Waals surface area contributed by atoms with E-state index in [4.69, 9.17) is 21.7 Å². The van der Waals surface area contributed by atoms with Crippen molar-refractivity contribution >= 4 is 23.1 Å². The third kappa shape index (κ3) is 2.36. The van der Waals surface area contributed by atoms with Gasteiger partial charge in [-0.2, -0.15) is 5.10 Å². The standard InChI is InChI=1S/C18H16ClN3O2/c1-9-3-6-16-17(20-10(2)22(16)21-9)14-8-13(14)12-5-4-11(18(23)24)7-15(12)19/h3-7,13-14H,8H2,1-2H3,(H,23,24). The second-order valence-electron chi connectivity index (χ2n) is 6.31. The van der Waals surface area contributed by atoms with Crippen molar-refractivity contribution in [1.82, 2.24) is 14.6 Å². The van der Waals surface area contributed by atoms with Gasteiger partial charge in [0.2, 0.25) is 0 Å². The lowest BCUT2D eigenvalue weighted by Crippen LogP contribution is -1.97. The molecule has 0 saturated heterocycles. The molecule has 1 aromatic carbocycles. The number of benzene rings is 1. The van der Waals surface area contributed by atoms with E-state index in [-0.39, 0.29) is 11.5 Å². The summed E-state index contributed by atoms with van der Waals surface area (Å²) in [6.45, 7) is 3.91. The predicted octanol–water partition coefficient (Wildman–Crippen LogP) is 3.97. The molecule has 5 nitrogen and oxygen atoms in total. The van der Waals surface area contributed by atoms with Gasteiger partial charge in [-0.05, 0) is 56.0 Å². The number of imidazole rings is 1. The third-order valence-electron chi connectivity index (χ3n) is 4.61. The number of carbonyl (C=O) groups is 1. The van der Waals surface area contributed by atoms with Crippen LogP contribution < -0.4 is 0 Å². The molecule has 0 amide bonds. The Bertz CT molecular complexity index is 980. The maximum atomic E-state index is 11.0. The zero-order valence-corrected chi connectivity index (χ0v) is 14.1. The SMILES string of the molecule is Cc1ccc2c(C3CC3c3ccc(C(=O)O)cc3Cl)nc(C)n2n1. The lowest BCUT2D eigenvalue weighted by Gasteiger charge is -2.05. The zero-order chi connectivity index (χ0) is 17.0. The Morgan fingerprint density at radius 3 is 2.75 bits per heavy atom. The van der Waals surface area contributed by atoms with Crippen LogP contribution in [0.4, 0.5) is 0 Å². The molecule has 0 spiro atoms. The minimum atomic E-state index is -0.965. The van der Waals surface area contributed by atoms with Gasteiger partial charge in [0.25, 0.3) is 0 Å². The van der Waals surface area contributed by atoms with Crippen molar-refractivity contribution in [2.45, 2.75) is 32.1 Å². The van der Waals surface area contributed by atoms with Crippen LogP contribution in [0.3, 0.4) is 0 Å². The number of halogens is 1. The van der Waals surface area contributed by atoms with E-state index in [1.165, 1.54) is 6.07 Å². The summed E-state index contributed by atoms with van der Waals surface area (Å²) in [7, 11) is 0. The lowest BCUT2D eigenvalue weighted by molar-refractivity contribution is 0.0697. The number of nitrogens with zero attached hydrogens (tertiary/aromatic N) is 3. The van der Waals surface area contributed by atoms with E-state index < -0.39 is 5.97 Å². The van der Waals surface area contributed by atoms with E-state index in [9.17, 15) is 4.79 Å². The Kier molecular flexibility index (Phi) is 3.35. The predicted molar refractivity (Wildman–Crippen MR) is 91.0 cm³/mol. The number of rotatable bonds is 3. The molecule has 0 aliphatic heterocycles. The number of aryl methyl sites for hydroxylation is 2. The first-order chi connectivity index (χ1) is 11.5. The molecule has 2 unspecified atom stereocenters. The van der Waals surface area contributed by atoms with Crippen LogP contribution in [-0.4, -0.2) is 25.7 Å². The smallest absolute Gasteiger partial charge is 0.335 e. The summed E-state index contributed by atoms with van der Waals surface area (Å²) in [5, 5.41) is 14.1. The van der Waals surface area contributed by atoms with Gasteiger partial charge in [-0.3, -0.25) is 0 Å². The first-order valence-electron chi connectivity index (χ1n) is 7.81. The lowest BCUT2D eigenvalue weighted by atomic mass is 10.1. The second kappa shape index (κ2) is 5.31. The Hall–Kier alpha value is -2.40. The summed E-state index contributed by atoms with van der Waals surface area (Å²) in [6.07, 6.45) is 0.964. The number of aromatic nitrogens is 3. The minimum Gasteiger partial charge on any atom is -0.478 e. The van der Waals surface area contributed by atoms with E-state index in [1.807, 2.05) is 30.5 Å². The molecule has 0 radical (unpaired) electrons. The molecule has 2 aromatic heterocycles. The molecule has 1 saturated carbocycles. The van der Waals surface area contributed by atoms with Gasteiger partial charge >= 0.3 is 5.97 Å². The van der Waals surface area contributed by atoms with Crippen molar-refractivity contribution in [2.24, 2.45) is 0 Å². The van der Waals surface area contributed by atoms with E-state index in [1.54, 1.807) is 6.07 Å². The van der Waals surface area contributed by atoms with Gasteiger partial charge in [-0.15, -0.1) is 0 Å². The molecule has 2 heterocycles. The van der Waals surface area contributed by atoms with Gasteiger partial charge < -0.3 is 5.11 Å². The normalized spacial score (nSPS) is 19.6. The Balaban J connectivity index is 1.69. The fourth-order valence-electron chi connectivity index (χ4n) is 3.31. The van der Waals surface area contributed by atoms with Crippen LogP contribution in [0.25, 0.3) is 5.52 Å². The zero-order valence-electron chi connectivity index (χ0n) is 13.3. The van der Waals surface area contributed by atoms with E-state index in [0.717, 1.165) is 34.7 Å². The van der Waals surface area contributed by atoms with Gasteiger partial charge in [0.05, 0.1) is 22.5 Å². The molecule has 1 fully saturated rings. The quantitative estimate of drug-likeness (QED) is 0.782. The molecule has 3 aromatic rings. The highest BCUT2D eigenvalue weighted by molar-refractivity contribution is 6.31. The molecule has 1 aliphatic rings. The number of aromatic carboxylic acids is 1. The van der Waals surface area contributed by atoms with Crippen LogP contribution in [0.2, 0.25) is 5.02 Å². The molecule has 2 atom stereocenters. The molecule has 4 rings (SSSR count).